The Morgan fingerprint density at radius 2 is 1.33 bits per heavy atom. The van der Waals surface area contributed by atoms with Crippen LogP contribution in [-0.2, 0) is 0 Å². The highest BCUT2D eigenvalue weighted by molar-refractivity contribution is 6.13. The Balaban J connectivity index is 1.24. The molecule has 0 radical (unpaired) electrons. The molecular weight excluding hydrogens is 695 g/mol. The second-order valence-corrected chi connectivity index (χ2v) is 14.0. The molecule has 2 heterocycles. The highest BCUT2D eigenvalue weighted by atomic mass is 16.3. The van der Waals surface area contributed by atoms with E-state index in [0.717, 1.165) is 78.3 Å². The predicted molar refractivity (Wildman–Crippen MR) is 239 cm³/mol. The molecule has 4 heteroatoms. The summed E-state index contributed by atoms with van der Waals surface area (Å²) in [6.07, 6.45) is 23.6. The van der Waals surface area contributed by atoms with Gasteiger partial charge in [0.2, 0.25) is 0 Å². The number of fused-ring (bicyclic) bond motifs is 4. The Morgan fingerprint density at radius 3 is 2.21 bits per heavy atom. The van der Waals surface area contributed by atoms with Gasteiger partial charge in [-0.2, -0.15) is 0 Å². The van der Waals surface area contributed by atoms with Crippen LogP contribution in [0.15, 0.2) is 205 Å². The van der Waals surface area contributed by atoms with Crippen LogP contribution in [0.2, 0.25) is 0 Å². The fourth-order valence-electron chi connectivity index (χ4n) is 7.36. The first-order chi connectivity index (χ1) is 28.1. The quantitative estimate of drug-likeness (QED) is 0.153. The van der Waals surface area contributed by atoms with Gasteiger partial charge in [0, 0.05) is 27.5 Å². The van der Waals surface area contributed by atoms with E-state index in [0.29, 0.717) is 17.5 Å². The van der Waals surface area contributed by atoms with Gasteiger partial charge >= 0.3 is 0 Å². The Labute approximate surface area is 332 Å². The molecule has 4 nitrogen and oxygen atoms in total. The molecule has 57 heavy (non-hydrogen) atoms. The van der Waals surface area contributed by atoms with Crippen molar-refractivity contribution in [1.29, 1.82) is 0 Å². The number of nitrogens with zero attached hydrogens (tertiary/aromatic N) is 3. The maximum atomic E-state index is 6.57. The van der Waals surface area contributed by atoms with Crippen LogP contribution >= 0.6 is 0 Å². The Kier molecular flexibility index (Phi) is 9.74. The molecule has 0 saturated heterocycles. The van der Waals surface area contributed by atoms with Crippen molar-refractivity contribution in [3.8, 4) is 45.3 Å². The van der Waals surface area contributed by atoms with Gasteiger partial charge in [0.25, 0.3) is 0 Å². The van der Waals surface area contributed by atoms with Crippen LogP contribution in [0.1, 0.15) is 24.5 Å². The predicted octanol–water partition coefficient (Wildman–Crippen LogP) is 14.2. The zero-order chi connectivity index (χ0) is 38.6. The number of aromatic nitrogens is 3. The largest absolute Gasteiger partial charge is 0.456 e. The summed E-state index contributed by atoms with van der Waals surface area (Å²) in [5.41, 5.74) is 10.8. The van der Waals surface area contributed by atoms with Crippen LogP contribution < -0.4 is 0 Å². The maximum absolute atomic E-state index is 6.57. The van der Waals surface area contributed by atoms with Crippen molar-refractivity contribution in [3.05, 3.63) is 211 Å². The Bertz CT molecular complexity index is 3010. The third-order valence-corrected chi connectivity index (χ3v) is 10.2. The summed E-state index contributed by atoms with van der Waals surface area (Å²) in [6.45, 7) is 6.17. The van der Waals surface area contributed by atoms with E-state index in [1.165, 1.54) is 11.0 Å². The van der Waals surface area contributed by atoms with Gasteiger partial charge in [-0.25, -0.2) is 15.0 Å². The lowest BCUT2D eigenvalue weighted by Crippen LogP contribution is -2.01. The van der Waals surface area contributed by atoms with Crippen molar-refractivity contribution in [2.45, 2.75) is 13.3 Å². The zero-order valence-corrected chi connectivity index (χ0v) is 31.6. The van der Waals surface area contributed by atoms with E-state index >= 15 is 0 Å². The number of allylic oxidation sites excluding steroid dienone is 12. The van der Waals surface area contributed by atoms with Gasteiger partial charge in [-0.3, -0.25) is 0 Å². The second kappa shape index (κ2) is 15.7. The molecular formula is C53H39N3O. The first-order valence-electron chi connectivity index (χ1n) is 19.2. The summed E-state index contributed by atoms with van der Waals surface area (Å²) >= 11 is 0. The monoisotopic (exact) mass is 733 g/mol. The molecule has 0 atom stereocenters. The van der Waals surface area contributed by atoms with Gasteiger partial charge in [-0.05, 0) is 93.9 Å². The van der Waals surface area contributed by atoms with Crippen molar-refractivity contribution in [3.63, 3.8) is 0 Å². The van der Waals surface area contributed by atoms with E-state index in [2.05, 4.69) is 128 Å². The molecule has 0 amide bonds. The Morgan fingerprint density at radius 1 is 0.579 bits per heavy atom. The molecule has 0 unspecified atom stereocenters. The van der Waals surface area contributed by atoms with Crippen molar-refractivity contribution >= 4 is 44.4 Å². The van der Waals surface area contributed by atoms with Crippen molar-refractivity contribution < 1.29 is 4.42 Å². The van der Waals surface area contributed by atoms with E-state index < -0.39 is 0 Å². The number of para-hydroxylation sites is 1. The average molecular weight is 734 g/mol. The normalized spacial score (nSPS) is 16.0. The van der Waals surface area contributed by atoms with Crippen LogP contribution in [0.5, 0.6) is 0 Å². The summed E-state index contributed by atoms with van der Waals surface area (Å²) in [4.78, 5) is 15.3. The number of rotatable bonds is 7. The van der Waals surface area contributed by atoms with Gasteiger partial charge in [0.05, 0.1) is 0 Å². The van der Waals surface area contributed by atoms with Crippen molar-refractivity contribution in [2.75, 3.05) is 0 Å². The summed E-state index contributed by atoms with van der Waals surface area (Å²) in [5.74, 6) is 1.85. The minimum atomic E-state index is 0.604. The molecule has 9 rings (SSSR count). The molecule has 0 aliphatic heterocycles. The molecule has 0 saturated carbocycles. The van der Waals surface area contributed by atoms with E-state index in [-0.39, 0.29) is 0 Å². The first kappa shape index (κ1) is 35.3. The fourth-order valence-corrected chi connectivity index (χ4v) is 7.36. The first-order valence-corrected chi connectivity index (χ1v) is 19.2. The third-order valence-electron chi connectivity index (χ3n) is 10.2. The highest BCUT2D eigenvalue weighted by Crippen LogP contribution is 2.41. The SMILES string of the molecule is C=C1/C=C\C=C/C/C(c2cc(-c3ccc(-c4nc(-c5ccccc5)nc(-c5ccc6ccccc6c5)n4)c(/C=C\C=C/C)c3)c3c(c2)oc2ccccc23)=C\C=C/1. The molecule has 0 bridgehead atoms. The molecule has 1 aliphatic carbocycles. The van der Waals surface area contributed by atoms with E-state index in [1.54, 1.807) is 0 Å². The summed E-state index contributed by atoms with van der Waals surface area (Å²) in [7, 11) is 0. The lowest BCUT2D eigenvalue weighted by Gasteiger charge is -2.14. The zero-order valence-electron chi connectivity index (χ0n) is 31.6. The van der Waals surface area contributed by atoms with E-state index in [9.17, 15) is 0 Å². The average Bonchev–Trinajstić information content (AvgIpc) is 3.64. The minimum absolute atomic E-state index is 0.604. The Hall–Kier alpha value is -7.43. The topological polar surface area (TPSA) is 51.8 Å². The van der Waals surface area contributed by atoms with Gasteiger partial charge in [-0.1, -0.05) is 164 Å². The van der Waals surface area contributed by atoms with Crippen molar-refractivity contribution in [2.24, 2.45) is 0 Å². The van der Waals surface area contributed by atoms with Gasteiger partial charge < -0.3 is 4.42 Å². The molecule has 0 fully saturated rings. The maximum Gasteiger partial charge on any atom is 0.164 e. The van der Waals surface area contributed by atoms with Crippen LogP contribution in [0.4, 0.5) is 0 Å². The molecule has 2 aromatic heterocycles. The van der Waals surface area contributed by atoms with Crippen LogP contribution in [0.3, 0.4) is 0 Å². The smallest absolute Gasteiger partial charge is 0.164 e. The molecule has 0 N–H and O–H groups in total. The van der Waals surface area contributed by atoms with Crippen molar-refractivity contribution in [1.82, 2.24) is 15.0 Å². The number of hydrogen-bond donors (Lipinski definition) is 0. The molecule has 8 aromatic rings. The van der Waals surface area contributed by atoms with E-state index in [4.69, 9.17) is 19.4 Å². The lowest BCUT2D eigenvalue weighted by molar-refractivity contribution is 0.669. The standard InChI is InChI=1S/C53H39N3O/c1-3-4-7-24-41-33-42(47-34-44(37-19-9-5-8-17-36(2)18-16-25-37)35-49-50(47)46-26-14-15-27-48(46)57-49)30-31-45(41)53-55-51(39-21-10-6-11-22-39)54-52(56-53)43-29-28-38-20-12-13-23-40(38)32-43/h3-18,20-35H,2,19H2,1H3/b4-3-,9-5-,17-8-,18-16-,24-7-,37-25+. The van der Waals surface area contributed by atoms with Gasteiger partial charge in [0.1, 0.15) is 11.2 Å². The van der Waals surface area contributed by atoms with Gasteiger partial charge in [-0.15, -0.1) is 0 Å². The number of furan rings is 1. The highest BCUT2D eigenvalue weighted by Gasteiger charge is 2.19. The minimum Gasteiger partial charge on any atom is -0.456 e. The van der Waals surface area contributed by atoms with E-state index in [1.807, 2.05) is 79.8 Å². The van der Waals surface area contributed by atoms with Gasteiger partial charge in [0.15, 0.2) is 17.5 Å². The summed E-state index contributed by atoms with van der Waals surface area (Å²) in [5, 5.41) is 4.46. The summed E-state index contributed by atoms with van der Waals surface area (Å²) in [6, 6.07) is 44.2. The molecule has 1 aliphatic rings. The number of benzene rings is 6. The lowest BCUT2D eigenvalue weighted by atomic mass is 9.91. The van der Waals surface area contributed by atoms with Crippen LogP contribution in [0.25, 0.3) is 89.7 Å². The van der Waals surface area contributed by atoms with Crippen LogP contribution in [-0.4, -0.2) is 15.0 Å². The third kappa shape index (κ3) is 7.37. The molecule has 0 spiro atoms. The van der Waals surface area contributed by atoms with Crippen LogP contribution in [0, 0.1) is 0 Å². The summed E-state index contributed by atoms with van der Waals surface area (Å²) < 4.78 is 6.57. The molecule has 272 valence electrons. The fraction of sp³-hybridized carbons (Fsp3) is 0.0377. The number of hydrogen-bond acceptors (Lipinski definition) is 4. The second-order valence-electron chi connectivity index (χ2n) is 14.0. The molecule has 6 aromatic carbocycles.